The maximum Gasteiger partial charge on any atom is 0.283 e. The van der Waals surface area contributed by atoms with E-state index in [0.29, 0.717) is 47.6 Å². The standard InChI is InChI=1S/C24H28N2O5S/c1-15-13-16(2)18(4)23(17(15)3)32(29,30)25-21-14-22-24(28,20-8-6-5-7-19(20)21)31-12-10-26(22)9-11-27/h5-8,13-14,27-28H,9-12H2,1-4H3/p+1/t24-/m1/s1. The van der Waals surface area contributed by atoms with Crippen molar-refractivity contribution in [3.05, 3.63) is 75.5 Å². The highest BCUT2D eigenvalue weighted by molar-refractivity contribution is 7.90. The van der Waals surface area contributed by atoms with E-state index in [0.717, 1.165) is 16.0 Å². The Morgan fingerprint density at radius 1 is 1.12 bits per heavy atom. The fourth-order valence-corrected chi connectivity index (χ4v) is 6.22. The number of quaternary nitrogens is 1. The Morgan fingerprint density at radius 3 is 2.44 bits per heavy atom. The van der Waals surface area contributed by atoms with Crippen LogP contribution >= 0.6 is 0 Å². The molecule has 1 saturated heterocycles. The minimum atomic E-state index is -4.03. The lowest BCUT2D eigenvalue weighted by molar-refractivity contribution is -0.882. The van der Waals surface area contributed by atoms with E-state index in [9.17, 15) is 18.6 Å². The van der Waals surface area contributed by atoms with E-state index in [1.54, 1.807) is 44.2 Å². The molecule has 0 amide bonds. The molecule has 0 spiro atoms. The van der Waals surface area contributed by atoms with Gasteiger partial charge in [-0.25, -0.2) is 0 Å². The van der Waals surface area contributed by atoms with Crippen molar-refractivity contribution in [2.75, 3.05) is 26.3 Å². The molecule has 0 bridgehead atoms. The van der Waals surface area contributed by atoms with Gasteiger partial charge in [-0.1, -0.05) is 30.3 Å². The van der Waals surface area contributed by atoms with Crippen LogP contribution in [0.5, 0.6) is 0 Å². The Balaban J connectivity index is 1.95. The van der Waals surface area contributed by atoms with Crippen molar-refractivity contribution in [2.45, 2.75) is 38.4 Å². The number of fused-ring (bicyclic) bond motifs is 3. The number of allylic oxidation sites excluding steroid dienone is 1. The first-order valence-electron chi connectivity index (χ1n) is 10.7. The van der Waals surface area contributed by atoms with Crippen molar-refractivity contribution in [1.82, 2.24) is 0 Å². The highest BCUT2D eigenvalue weighted by Crippen LogP contribution is 2.37. The highest BCUT2D eigenvalue weighted by atomic mass is 32.2. The second-order valence-corrected chi connectivity index (χ2v) is 10.0. The van der Waals surface area contributed by atoms with Gasteiger partial charge in [0.1, 0.15) is 19.7 Å². The number of nitrogens with zero attached hydrogens (tertiary/aromatic N) is 1. The Hall–Kier alpha value is -2.36. The number of benzene rings is 2. The molecule has 1 unspecified atom stereocenters. The molecule has 1 heterocycles. The van der Waals surface area contributed by atoms with Crippen LogP contribution in [0.4, 0.5) is 0 Å². The molecule has 2 aromatic carbocycles. The maximum atomic E-state index is 13.5. The average molecular weight is 458 g/mol. The zero-order valence-corrected chi connectivity index (χ0v) is 19.6. The van der Waals surface area contributed by atoms with Gasteiger partial charge in [-0.05, 0) is 49.9 Å². The molecule has 0 saturated carbocycles. The van der Waals surface area contributed by atoms with Gasteiger partial charge in [0.2, 0.25) is 0 Å². The summed E-state index contributed by atoms with van der Waals surface area (Å²) in [5.74, 6) is -1.69. The number of hydrogen-bond acceptors (Lipinski definition) is 5. The SMILES string of the molecule is Cc1cc(C)c(C)c(S(=O)(=O)N=C2C=C3[NH+](CCO)CCO[C@]3(O)c3ccccc32)c1C. The molecular formula is C24H29N2O5S+. The van der Waals surface area contributed by atoms with Gasteiger partial charge in [0.25, 0.3) is 15.8 Å². The molecule has 4 rings (SSSR count). The average Bonchev–Trinajstić information content (AvgIpc) is 2.74. The first-order valence-corrected chi connectivity index (χ1v) is 12.1. The number of sulfonamides is 1. The molecule has 1 aliphatic carbocycles. The normalized spacial score (nSPS) is 24.1. The van der Waals surface area contributed by atoms with Crippen molar-refractivity contribution in [1.29, 1.82) is 0 Å². The van der Waals surface area contributed by atoms with Crippen LogP contribution in [0.15, 0.2) is 51.4 Å². The third-order valence-corrected chi connectivity index (χ3v) is 8.06. The summed E-state index contributed by atoms with van der Waals surface area (Å²) in [5, 5.41) is 20.9. The second kappa shape index (κ2) is 8.20. The third-order valence-electron chi connectivity index (χ3n) is 6.50. The molecule has 170 valence electrons. The van der Waals surface area contributed by atoms with Gasteiger partial charge in [0.15, 0.2) is 5.70 Å². The third kappa shape index (κ3) is 3.62. The topological polar surface area (TPSA) is 101 Å². The van der Waals surface area contributed by atoms with Crippen LogP contribution in [0.25, 0.3) is 0 Å². The van der Waals surface area contributed by atoms with E-state index < -0.39 is 15.8 Å². The van der Waals surface area contributed by atoms with Crippen LogP contribution in [0.3, 0.4) is 0 Å². The first kappa shape index (κ1) is 22.8. The van der Waals surface area contributed by atoms with E-state index in [1.807, 2.05) is 19.9 Å². The number of morpholine rings is 1. The van der Waals surface area contributed by atoms with Crippen LogP contribution in [0.2, 0.25) is 0 Å². The van der Waals surface area contributed by atoms with Gasteiger partial charge in [0.05, 0.1) is 17.2 Å². The summed E-state index contributed by atoms with van der Waals surface area (Å²) in [5.41, 5.74) is 4.81. The Kier molecular flexibility index (Phi) is 5.85. The lowest BCUT2D eigenvalue weighted by atomic mass is 9.86. The number of hydrogen-bond donors (Lipinski definition) is 3. The van der Waals surface area contributed by atoms with E-state index >= 15 is 0 Å². The van der Waals surface area contributed by atoms with Crippen LogP contribution in [0.1, 0.15) is 33.4 Å². The van der Waals surface area contributed by atoms with Crippen molar-refractivity contribution < 1.29 is 28.3 Å². The summed E-state index contributed by atoms with van der Waals surface area (Å²) in [4.78, 5) is 1.05. The van der Waals surface area contributed by atoms with E-state index in [1.165, 1.54) is 0 Å². The molecule has 1 fully saturated rings. The molecule has 2 atom stereocenters. The molecule has 7 nitrogen and oxygen atoms in total. The fraction of sp³-hybridized carbons (Fsp3) is 0.375. The van der Waals surface area contributed by atoms with Crippen molar-refractivity contribution in [2.24, 2.45) is 4.40 Å². The van der Waals surface area contributed by atoms with E-state index in [-0.39, 0.29) is 17.2 Å². The molecule has 8 heteroatoms. The quantitative estimate of drug-likeness (QED) is 0.637. The van der Waals surface area contributed by atoms with Gasteiger partial charge in [-0.3, -0.25) is 4.90 Å². The maximum absolute atomic E-state index is 13.5. The molecule has 0 aromatic heterocycles. The summed E-state index contributed by atoms with van der Waals surface area (Å²) in [6, 6.07) is 8.98. The smallest absolute Gasteiger partial charge is 0.283 e. The van der Waals surface area contributed by atoms with E-state index in [2.05, 4.69) is 4.40 Å². The number of nitrogens with one attached hydrogen (secondary N) is 1. The lowest BCUT2D eigenvalue weighted by Gasteiger charge is -2.41. The number of rotatable bonds is 4. The van der Waals surface area contributed by atoms with Crippen LogP contribution in [-0.4, -0.2) is 50.6 Å². The zero-order chi connectivity index (χ0) is 23.3. The number of aryl methyl sites for hydroxylation is 2. The molecule has 0 radical (unpaired) electrons. The lowest BCUT2D eigenvalue weighted by Crippen LogP contribution is -3.14. The summed E-state index contributed by atoms with van der Waals surface area (Å²) < 4.78 is 37.1. The molecule has 3 N–H and O–H groups in total. The van der Waals surface area contributed by atoms with Gasteiger partial charge in [-0.15, -0.1) is 0 Å². The molecule has 2 aliphatic rings. The minimum absolute atomic E-state index is 0.0733. The van der Waals surface area contributed by atoms with E-state index in [4.69, 9.17) is 4.74 Å². The Bertz CT molecular complexity index is 1220. The zero-order valence-electron chi connectivity index (χ0n) is 18.8. The monoisotopic (exact) mass is 457 g/mol. The summed E-state index contributed by atoms with van der Waals surface area (Å²) in [7, 11) is -4.03. The Morgan fingerprint density at radius 2 is 1.78 bits per heavy atom. The number of aliphatic hydroxyl groups excluding tert-OH is 1. The predicted octanol–water partition coefficient (Wildman–Crippen LogP) is 1.05. The molecule has 1 aliphatic heterocycles. The molecule has 2 aromatic rings. The number of aliphatic hydroxyl groups is 2. The second-order valence-electron chi connectivity index (χ2n) is 8.46. The fourth-order valence-electron chi connectivity index (χ4n) is 4.63. The molecule has 32 heavy (non-hydrogen) atoms. The summed E-state index contributed by atoms with van der Waals surface area (Å²) in [6.07, 6.45) is 1.59. The minimum Gasteiger partial charge on any atom is -0.391 e. The van der Waals surface area contributed by atoms with Crippen LogP contribution in [-0.2, 0) is 20.5 Å². The van der Waals surface area contributed by atoms with Crippen LogP contribution < -0.4 is 4.90 Å². The molecular weight excluding hydrogens is 428 g/mol. The Labute approximate surface area is 188 Å². The number of ether oxygens (including phenoxy) is 1. The van der Waals surface area contributed by atoms with Crippen molar-refractivity contribution in [3.63, 3.8) is 0 Å². The largest absolute Gasteiger partial charge is 0.391 e. The van der Waals surface area contributed by atoms with Crippen molar-refractivity contribution in [3.8, 4) is 0 Å². The summed E-state index contributed by atoms with van der Waals surface area (Å²) in [6.45, 7) is 8.52. The first-order chi connectivity index (χ1) is 15.1. The predicted molar refractivity (Wildman–Crippen MR) is 121 cm³/mol. The van der Waals surface area contributed by atoms with Gasteiger partial charge >= 0.3 is 0 Å². The van der Waals surface area contributed by atoms with Gasteiger partial charge in [-0.2, -0.15) is 12.8 Å². The van der Waals surface area contributed by atoms with Gasteiger partial charge < -0.3 is 14.9 Å². The van der Waals surface area contributed by atoms with Crippen molar-refractivity contribution >= 4 is 15.7 Å². The summed E-state index contributed by atoms with van der Waals surface area (Å²) >= 11 is 0. The highest BCUT2D eigenvalue weighted by Gasteiger charge is 2.49. The van der Waals surface area contributed by atoms with Crippen LogP contribution in [0, 0.1) is 27.7 Å². The van der Waals surface area contributed by atoms with Gasteiger partial charge in [0, 0.05) is 17.2 Å².